The van der Waals surface area contributed by atoms with E-state index in [4.69, 9.17) is 4.74 Å². The average Bonchev–Trinajstić information content (AvgIpc) is 2.88. The molecule has 0 saturated carbocycles. The van der Waals surface area contributed by atoms with Crippen LogP contribution in [-0.4, -0.2) is 42.6 Å². The highest BCUT2D eigenvalue weighted by Crippen LogP contribution is 2.22. The van der Waals surface area contributed by atoms with Gasteiger partial charge in [-0.3, -0.25) is 4.79 Å². The van der Waals surface area contributed by atoms with Crippen molar-refractivity contribution in [1.29, 1.82) is 0 Å². The molecule has 0 aromatic carbocycles. The molecule has 18 heavy (non-hydrogen) atoms. The average molecular weight is 250 g/mol. The fraction of sp³-hybridized carbons (Fsp3) is 0.583. The molecule has 1 saturated heterocycles. The van der Waals surface area contributed by atoms with E-state index in [0.29, 0.717) is 25.0 Å². The Morgan fingerprint density at radius 3 is 3.22 bits per heavy atom. The van der Waals surface area contributed by atoms with Gasteiger partial charge in [0.25, 0.3) is 0 Å². The van der Waals surface area contributed by atoms with E-state index in [2.05, 4.69) is 15.3 Å². The monoisotopic (exact) mass is 250 g/mol. The van der Waals surface area contributed by atoms with Crippen molar-refractivity contribution in [2.24, 2.45) is 5.92 Å². The molecule has 0 spiro atoms. The zero-order valence-electron chi connectivity index (χ0n) is 10.7. The van der Waals surface area contributed by atoms with E-state index in [1.165, 1.54) is 0 Å². The topological polar surface area (TPSA) is 67.3 Å². The normalized spacial score (nSPS) is 18.8. The van der Waals surface area contributed by atoms with Gasteiger partial charge in [-0.2, -0.15) is 4.98 Å². The number of nitrogens with zero attached hydrogens (tertiary/aromatic N) is 3. The van der Waals surface area contributed by atoms with Gasteiger partial charge in [-0.15, -0.1) is 0 Å². The molecular weight excluding hydrogens is 232 g/mol. The Bertz CT molecular complexity index is 424. The molecule has 1 fully saturated rings. The fourth-order valence-corrected chi connectivity index (χ4v) is 2.07. The van der Waals surface area contributed by atoms with Gasteiger partial charge >= 0.3 is 0 Å². The number of amides is 1. The summed E-state index contributed by atoms with van der Waals surface area (Å²) in [6.07, 6.45) is 2.52. The summed E-state index contributed by atoms with van der Waals surface area (Å²) in [6, 6.07) is 1.74. The summed E-state index contributed by atoms with van der Waals surface area (Å²) in [5.41, 5.74) is 0. The standard InChI is InChI=1S/C12H18N4O2/c1-3-18-10-4-6-14-12(15-10)16-7-5-9(8-16)11(17)13-2/h4,6,9H,3,5,7-8H2,1-2H3,(H,13,17). The highest BCUT2D eigenvalue weighted by molar-refractivity contribution is 5.79. The van der Waals surface area contributed by atoms with Crippen LogP contribution in [0.4, 0.5) is 5.95 Å². The molecule has 1 amide bonds. The number of carbonyl (C=O) groups is 1. The molecule has 1 aliphatic heterocycles. The zero-order chi connectivity index (χ0) is 13.0. The van der Waals surface area contributed by atoms with Crippen LogP contribution in [-0.2, 0) is 4.79 Å². The van der Waals surface area contributed by atoms with E-state index in [1.54, 1.807) is 19.3 Å². The summed E-state index contributed by atoms with van der Waals surface area (Å²) in [7, 11) is 1.66. The molecule has 1 atom stereocenters. The maximum Gasteiger partial charge on any atom is 0.228 e. The Kier molecular flexibility index (Phi) is 3.96. The SMILES string of the molecule is CCOc1ccnc(N2CCC(C(=O)NC)C2)n1. The molecule has 2 rings (SSSR count). The second-order valence-corrected chi connectivity index (χ2v) is 4.17. The van der Waals surface area contributed by atoms with Crippen LogP contribution in [0.5, 0.6) is 5.88 Å². The van der Waals surface area contributed by atoms with Gasteiger partial charge in [0.1, 0.15) is 0 Å². The molecular formula is C12H18N4O2. The van der Waals surface area contributed by atoms with Crippen LogP contribution in [0.2, 0.25) is 0 Å². The van der Waals surface area contributed by atoms with Crippen molar-refractivity contribution in [2.45, 2.75) is 13.3 Å². The number of aromatic nitrogens is 2. The molecule has 6 heteroatoms. The van der Waals surface area contributed by atoms with Crippen LogP contribution in [0.25, 0.3) is 0 Å². The predicted molar refractivity (Wildman–Crippen MR) is 67.6 cm³/mol. The quantitative estimate of drug-likeness (QED) is 0.840. The first-order chi connectivity index (χ1) is 8.74. The maximum atomic E-state index is 11.6. The molecule has 0 radical (unpaired) electrons. The second-order valence-electron chi connectivity index (χ2n) is 4.17. The summed E-state index contributed by atoms with van der Waals surface area (Å²) < 4.78 is 5.34. The lowest BCUT2D eigenvalue weighted by Gasteiger charge is -2.16. The summed E-state index contributed by atoms with van der Waals surface area (Å²) in [6.45, 7) is 3.96. The molecule has 6 nitrogen and oxygen atoms in total. The first-order valence-electron chi connectivity index (χ1n) is 6.17. The van der Waals surface area contributed by atoms with Gasteiger partial charge in [-0.25, -0.2) is 4.98 Å². The van der Waals surface area contributed by atoms with Crippen LogP contribution in [0.15, 0.2) is 12.3 Å². The molecule has 1 aromatic rings. The van der Waals surface area contributed by atoms with Crippen molar-refractivity contribution in [3.63, 3.8) is 0 Å². The first kappa shape index (κ1) is 12.6. The van der Waals surface area contributed by atoms with Crippen molar-refractivity contribution in [1.82, 2.24) is 15.3 Å². The predicted octanol–water partition coefficient (Wildman–Crippen LogP) is 0.448. The van der Waals surface area contributed by atoms with Crippen LogP contribution in [0, 0.1) is 5.92 Å². The Morgan fingerprint density at radius 2 is 2.50 bits per heavy atom. The van der Waals surface area contributed by atoms with Crippen molar-refractivity contribution < 1.29 is 9.53 Å². The number of nitrogens with one attached hydrogen (secondary N) is 1. The number of hydrogen-bond acceptors (Lipinski definition) is 5. The summed E-state index contributed by atoms with van der Waals surface area (Å²) in [5.74, 6) is 1.31. The molecule has 0 aliphatic carbocycles. The Hall–Kier alpha value is -1.85. The van der Waals surface area contributed by atoms with E-state index in [9.17, 15) is 4.79 Å². The van der Waals surface area contributed by atoms with Crippen LogP contribution >= 0.6 is 0 Å². The van der Waals surface area contributed by atoms with E-state index in [1.807, 2.05) is 11.8 Å². The fourth-order valence-electron chi connectivity index (χ4n) is 2.07. The molecule has 2 heterocycles. The lowest BCUT2D eigenvalue weighted by molar-refractivity contribution is -0.123. The third-order valence-corrected chi connectivity index (χ3v) is 3.00. The van der Waals surface area contributed by atoms with Gasteiger partial charge in [0.05, 0.1) is 12.5 Å². The number of rotatable bonds is 4. The highest BCUT2D eigenvalue weighted by Gasteiger charge is 2.29. The molecule has 1 N–H and O–H groups in total. The number of carbonyl (C=O) groups excluding carboxylic acids is 1. The van der Waals surface area contributed by atoms with E-state index >= 15 is 0 Å². The Labute approximate surface area is 106 Å². The van der Waals surface area contributed by atoms with Gasteiger partial charge < -0.3 is 15.0 Å². The maximum absolute atomic E-state index is 11.6. The molecule has 1 unspecified atom stereocenters. The van der Waals surface area contributed by atoms with Crippen LogP contribution in [0.1, 0.15) is 13.3 Å². The lowest BCUT2D eigenvalue weighted by atomic mass is 10.1. The van der Waals surface area contributed by atoms with Gasteiger partial charge in [-0.05, 0) is 13.3 Å². The molecule has 1 aliphatic rings. The highest BCUT2D eigenvalue weighted by atomic mass is 16.5. The zero-order valence-corrected chi connectivity index (χ0v) is 10.7. The number of hydrogen-bond donors (Lipinski definition) is 1. The van der Waals surface area contributed by atoms with Gasteiger partial charge in [0.2, 0.25) is 17.7 Å². The van der Waals surface area contributed by atoms with Gasteiger partial charge in [0.15, 0.2) is 0 Å². The summed E-state index contributed by atoms with van der Waals surface area (Å²) >= 11 is 0. The Morgan fingerprint density at radius 1 is 1.67 bits per heavy atom. The minimum Gasteiger partial charge on any atom is -0.478 e. The summed E-state index contributed by atoms with van der Waals surface area (Å²) in [5, 5.41) is 2.68. The van der Waals surface area contributed by atoms with E-state index in [0.717, 1.165) is 13.0 Å². The molecule has 0 bridgehead atoms. The third-order valence-electron chi connectivity index (χ3n) is 3.00. The van der Waals surface area contributed by atoms with Crippen molar-refractivity contribution >= 4 is 11.9 Å². The van der Waals surface area contributed by atoms with Crippen molar-refractivity contribution in [3.8, 4) is 5.88 Å². The third kappa shape index (κ3) is 2.69. The minimum absolute atomic E-state index is 0.0225. The number of ether oxygens (including phenoxy) is 1. The van der Waals surface area contributed by atoms with E-state index in [-0.39, 0.29) is 11.8 Å². The van der Waals surface area contributed by atoms with Gasteiger partial charge in [0, 0.05) is 32.4 Å². The van der Waals surface area contributed by atoms with Crippen molar-refractivity contribution in [2.75, 3.05) is 31.6 Å². The first-order valence-corrected chi connectivity index (χ1v) is 6.17. The molecule has 98 valence electrons. The largest absolute Gasteiger partial charge is 0.478 e. The lowest BCUT2D eigenvalue weighted by Crippen LogP contribution is -2.30. The smallest absolute Gasteiger partial charge is 0.228 e. The number of anilines is 1. The van der Waals surface area contributed by atoms with Crippen LogP contribution in [0.3, 0.4) is 0 Å². The van der Waals surface area contributed by atoms with E-state index < -0.39 is 0 Å². The minimum atomic E-state index is 0.0225. The molecule has 1 aromatic heterocycles. The van der Waals surface area contributed by atoms with Crippen LogP contribution < -0.4 is 15.0 Å². The Balaban J connectivity index is 2.04. The second kappa shape index (κ2) is 5.66. The van der Waals surface area contributed by atoms with Gasteiger partial charge in [-0.1, -0.05) is 0 Å². The van der Waals surface area contributed by atoms with Crippen molar-refractivity contribution in [3.05, 3.63) is 12.3 Å². The summed E-state index contributed by atoms with van der Waals surface area (Å²) in [4.78, 5) is 22.1.